The molecule has 0 aliphatic carbocycles. The smallest absolute Gasteiger partial charge is 0.227 e. The number of anilines is 3. The Morgan fingerprint density at radius 2 is 1.90 bits per heavy atom. The minimum atomic E-state index is -0.361. The second-order valence-electron chi connectivity index (χ2n) is 7.98. The maximum absolute atomic E-state index is 12.5. The third kappa shape index (κ3) is 5.25. The van der Waals surface area contributed by atoms with E-state index < -0.39 is 0 Å². The van der Waals surface area contributed by atoms with Gasteiger partial charge in [0.1, 0.15) is 5.82 Å². The van der Waals surface area contributed by atoms with Gasteiger partial charge in [-0.3, -0.25) is 9.59 Å². The molecule has 2 amide bonds. The molecular formula is C22H27ClN6O2. The van der Waals surface area contributed by atoms with Crippen LogP contribution in [-0.4, -0.2) is 54.5 Å². The fraction of sp³-hybridized carbons (Fsp3) is 0.455. The number of aryl methyl sites for hydroxylation is 1. The summed E-state index contributed by atoms with van der Waals surface area (Å²) >= 11 is 5.91. The molecule has 31 heavy (non-hydrogen) atoms. The third-order valence-electron chi connectivity index (χ3n) is 5.61. The van der Waals surface area contributed by atoms with Crippen LogP contribution in [0.4, 0.5) is 17.5 Å². The van der Waals surface area contributed by atoms with Crippen molar-refractivity contribution in [3.8, 4) is 0 Å². The van der Waals surface area contributed by atoms with E-state index in [1.807, 2.05) is 13.0 Å². The normalized spacial score (nSPS) is 18.5. The Morgan fingerprint density at radius 3 is 2.65 bits per heavy atom. The summed E-state index contributed by atoms with van der Waals surface area (Å²) in [5, 5.41) is 6.72. The average Bonchev–Trinajstić information content (AvgIpc) is 3.41. The number of rotatable bonds is 7. The number of nitrogens with zero attached hydrogens (tertiary/aromatic N) is 4. The fourth-order valence-electron chi connectivity index (χ4n) is 4.00. The highest BCUT2D eigenvalue weighted by molar-refractivity contribution is 6.30. The van der Waals surface area contributed by atoms with Gasteiger partial charge in [0.05, 0.1) is 5.92 Å². The van der Waals surface area contributed by atoms with Gasteiger partial charge in [-0.1, -0.05) is 11.6 Å². The highest BCUT2D eigenvalue weighted by Crippen LogP contribution is 2.26. The predicted molar refractivity (Wildman–Crippen MR) is 122 cm³/mol. The molecule has 0 bridgehead atoms. The Kier molecular flexibility index (Phi) is 6.56. The summed E-state index contributed by atoms with van der Waals surface area (Å²) in [6, 6.07) is 9.07. The average molecular weight is 443 g/mol. The zero-order valence-electron chi connectivity index (χ0n) is 17.6. The van der Waals surface area contributed by atoms with E-state index in [1.54, 1.807) is 29.2 Å². The Balaban J connectivity index is 1.25. The van der Waals surface area contributed by atoms with Gasteiger partial charge in [0.15, 0.2) is 0 Å². The van der Waals surface area contributed by atoms with E-state index in [4.69, 9.17) is 11.6 Å². The first-order valence-corrected chi connectivity index (χ1v) is 11.1. The van der Waals surface area contributed by atoms with Crippen molar-refractivity contribution in [1.82, 2.24) is 15.3 Å². The van der Waals surface area contributed by atoms with Gasteiger partial charge in [-0.2, -0.15) is 4.98 Å². The molecule has 1 atom stereocenters. The van der Waals surface area contributed by atoms with Gasteiger partial charge in [-0.05, 0) is 44.0 Å². The van der Waals surface area contributed by atoms with Gasteiger partial charge < -0.3 is 20.4 Å². The van der Waals surface area contributed by atoms with E-state index in [2.05, 4.69) is 25.5 Å². The van der Waals surface area contributed by atoms with Crippen molar-refractivity contribution >= 4 is 40.9 Å². The number of halogens is 1. The highest BCUT2D eigenvalue weighted by atomic mass is 35.5. The van der Waals surface area contributed by atoms with Crippen molar-refractivity contribution in [3.63, 3.8) is 0 Å². The Morgan fingerprint density at radius 1 is 1.16 bits per heavy atom. The summed E-state index contributed by atoms with van der Waals surface area (Å²) < 4.78 is 0. The zero-order valence-corrected chi connectivity index (χ0v) is 18.4. The van der Waals surface area contributed by atoms with Crippen molar-refractivity contribution < 1.29 is 9.59 Å². The van der Waals surface area contributed by atoms with E-state index in [0.29, 0.717) is 30.6 Å². The number of nitrogens with one attached hydrogen (secondary N) is 2. The summed E-state index contributed by atoms with van der Waals surface area (Å²) in [7, 11) is 0. The topological polar surface area (TPSA) is 90.5 Å². The molecule has 1 aromatic carbocycles. The zero-order chi connectivity index (χ0) is 21.8. The lowest BCUT2D eigenvalue weighted by molar-refractivity contribution is -0.126. The molecule has 1 aromatic heterocycles. The second-order valence-corrected chi connectivity index (χ2v) is 8.42. The van der Waals surface area contributed by atoms with Crippen LogP contribution in [0, 0.1) is 12.8 Å². The molecular weight excluding hydrogens is 416 g/mol. The number of benzene rings is 1. The van der Waals surface area contributed by atoms with Crippen LogP contribution in [-0.2, 0) is 9.59 Å². The van der Waals surface area contributed by atoms with E-state index in [1.165, 1.54) is 12.8 Å². The monoisotopic (exact) mass is 442 g/mol. The van der Waals surface area contributed by atoms with Crippen molar-refractivity contribution in [2.45, 2.75) is 26.2 Å². The molecule has 2 N–H and O–H groups in total. The van der Waals surface area contributed by atoms with Crippen LogP contribution in [0.5, 0.6) is 0 Å². The Bertz CT molecular complexity index is 946. The molecule has 8 nitrogen and oxygen atoms in total. The number of carbonyl (C=O) groups excluding carboxylic acids is 2. The molecule has 2 aliphatic rings. The molecule has 164 valence electrons. The largest absolute Gasteiger partial charge is 0.356 e. The lowest BCUT2D eigenvalue weighted by atomic mass is 10.1. The molecule has 0 spiro atoms. The number of hydrogen-bond acceptors (Lipinski definition) is 6. The van der Waals surface area contributed by atoms with Crippen LogP contribution in [0.15, 0.2) is 30.3 Å². The first-order valence-electron chi connectivity index (χ1n) is 10.7. The van der Waals surface area contributed by atoms with Gasteiger partial charge >= 0.3 is 0 Å². The molecule has 0 saturated carbocycles. The predicted octanol–water partition coefficient (Wildman–Crippen LogP) is 2.62. The molecule has 3 heterocycles. The second kappa shape index (κ2) is 9.51. The Hall–Kier alpha value is -2.87. The van der Waals surface area contributed by atoms with Crippen LogP contribution < -0.4 is 20.4 Å². The first kappa shape index (κ1) is 21.4. The molecule has 2 fully saturated rings. The van der Waals surface area contributed by atoms with E-state index in [9.17, 15) is 9.59 Å². The summed E-state index contributed by atoms with van der Waals surface area (Å²) in [6.45, 7) is 5.33. The summed E-state index contributed by atoms with van der Waals surface area (Å²) in [5.74, 6) is 0.988. The number of carbonyl (C=O) groups is 2. The van der Waals surface area contributed by atoms with E-state index in [-0.39, 0.29) is 24.2 Å². The number of aromatic nitrogens is 2. The van der Waals surface area contributed by atoms with Crippen molar-refractivity contribution in [2.75, 3.05) is 47.8 Å². The lowest BCUT2D eigenvalue weighted by Gasteiger charge is -2.18. The molecule has 2 aromatic rings. The minimum absolute atomic E-state index is 0.0526. The maximum Gasteiger partial charge on any atom is 0.227 e. The first-order chi connectivity index (χ1) is 15.0. The van der Waals surface area contributed by atoms with Gasteiger partial charge in [0.2, 0.25) is 17.8 Å². The van der Waals surface area contributed by atoms with Gasteiger partial charge in [-0.25, -0.2) is 4.98 Å². The summed E-state index contributed by atoms with van der Waals surface area (Å²) in [4.78, 5) is 37.8. The van der Waals surface area contributed by atoms with Crippen molar-refractivity contribution in [3.05, 3.63) is 41.0 Å². The number of amides is 2. The molecule has 9 heteroatoms. The van der Waals surface area contributed by atoms with Crippen LogP contribution >= 0.6 is 11.6 Å². The Labute approximate surface area is 187 Å². The summed E-state index contributed by atoms with van der Waals surface area (Å²) in [6.07, 6.45) is 2.59. The molecule has 4 rings (SSSR count). The summed E-state index contributed by atoms with van der Waals surface area (Å²) in [5.41, 5.74) is 1.67. The van der Waals surface area contributed by atoms with Crippen LogP contribution in [0.2, 0.25) is 5.02 Å². The van der Waals surface area contributed by atoms with Gasteiger partial charge in [0.25, 0.3) is 0 Å². The van der Waals surface area contributed by atoms with Crippen LogP contribution in [0.1, 0.15) is 25.0 Å². The van der Waals surface area contributed by atoms with Gasteiger partial charge in [-0.15, -0.1) is 0 Å². The minimum Gasteiger partial charge on any atom is -0.356 e. The third-order valence-corrected chi connectivity index (χ3v) is 5.86. The van der Waals surface area contributed by atoms with Gasteiger partial charge in [0, 0.05) is 61.6 Å². The van der Waals surface area contributed by atoms with Crippen LogP contribution in [0.3, 0.4) is 0 Å². The van der Waals surface area contributed by atoms with Crippen molar-refractivity contribution in [2.24, 2.45) is 5.92 Å². The fourth-order valence-corrected chi connectivity index (χ4v) is 4.12. The number of hydrogen-bond donors (Lipinski definition) is 2. The standard InChI is InChI=1S/C22H27ClN6O2/c1-15-12-19(28-10-2-3-11-28)27-22(26-15)25-9-8-24-21(31)16-13-20(30)29(14-16)18-6-4-17(23)5-7-18/h4-7,12,16H,2-3,8-11,13-14H2,1H3,(H,24,31)(H,25,26,27). The van der Waals surface area contributed by atoms with Crippen LogP contribution in [0.25, 0.3) is 0 Å². The molecule has 2 aliphatic heterocycles. The SMILES string of the molecule is Cc1cc(N2CCCC2)nc(NCCNC(=O)C2CC(=O)N(c3ccc(Cl)cc3)C2)n1. The lowest BCUT2D eigenvalue weighted by Crippen LogP contribution is -2.35. The molecule has 2 saturated heterocycles. The van der Waals surface area contributed by atoms with E-state index in [0.717, 1.165) is 30.3 Å². The quantitative estimate of drug-likeness (QED) is 0.640. The van der Waals surface area contributed by atoms with E-state index >= 15 is 0 Å². The van der Waals surface area contributed by atoms with Crippen molar-refractivity contribution in [1.29, 1.82) is 0 Å². The maximum atomic E-state index is 12.5. The molecule has 0 radical (unpaired) electrons. The highest BCUT2D eigenvalue weighted by Gasteiger charge is 2.34. The molecule has 1 unspecified atom stereocenters.